The Morgan fingerprint density at radius 3 is 2.23 bits per heavy atom. The molecule has 0 radical (unpaired) electrons. The second kappa shape index (κ2) is 7.74. The number of piperazine rings is 1. The van der Waals surface area contributed by atoms with Crippen molar-refractivity contribution >= 4 is 29.2 Å². The molecule has 26 heavy (non-hydrogen) atoms. The number of aryl methyl sites for hydroxylation is 1. The number of carbonyl (C=O) groups excluding carboxylic acids is 2. The average molecular weight is 376 g/mol. The zero-order valence-corrected chi connectivity index (χ0v) is 15.1. The van der Waals surface area contributed by atoms with E-state index in [1.165, 1.54) is 6.07 Å². The van der Waals surface area contributed by atoms with Crippen LogP contribution < -0.4 is 5.32 Å². The van der Waals surface area contributed by atoms with E-state index in [0.717, 1.165) is 0 Å². The number of anilines is 1. The van der Waals surface area contributed by atoms with Gasteiger partial charge in [-0.2, -0.15) is 0 Å². The first-order valence-corrected chi connectivity index (χ1v) is 8.69. The Labute approximate surface area is 156 Å². The molecule has 1 saturated heterocycles. The summed E-state index contributed by atoms with van der Waals surface area (Å²) in [4.78, 5) is 28.1. The maximum Gasteiger partial charge on any atom is 0.321 e. The average Bonchev–Trinajstić information content (AvgIpc) is 2.65. The molecule has 5 nitrogen and oxygen atoms in total. The number of carbonyl (C=O) groups is 2. The molecule has 1 N–H and O–H groups in total. The first-order chi connectivity index (χ1) is 12.4. The molecule has 3 rings (SSSR count). The maximum atomic E-state index is 13.7. The van der Waals surface area contributed by atoms with Crippen LogP contribution in [0.4, 0.5) is 14.9 Å². The molecule has 1 aliphatic heterocycles. The Morgan fingerprint density at radius 1 is 1.00 bits per heavy atom. The summed E-state index contributed by atoms with van der Waals surface area (Å²) in [6.45, 7) is 3.30. The van der Waals surface area contributed by atoms with Crippen LogP contribution >= 0.6 is 11.6 Å². The van der Waals surface area contributed by atoms with Crippen molar-refractivity contribution in [2.45, 2.75) is 6.92 Å². The number of hydrogen-bond donors (Lipinski definition) is 1. The third-order valence-corrected chi connectivity index (χ3v) is 4.62. The van der Waals surface area contributed by atoms with Gasteiger partial charge in [-0.1, -0.05) is 17.7 Å². The Kier molecular flexibility index (Phi) is 5.42. The van der Waals surface area contributed by atoms with Gasteiger partial charge in [-0.3, -0.25) is 4.79 Å². The first-order valence-electron chi connectivity index (χ1n) is 8.31. The van der Waals surface area contributed by atoms with Crippen molar-refractivity contribution in [1.82, 2.24) is 9.80 Å². The lowest BCUT2D eigenvalue weighted by molar-refractivity contribution is 0.0671. The summed E-state index contributed by atoms with van der Waals surface area (Å²) in [7, 11) is 0. The second-order valence-corrected chi connectivity index (χ2v) is 6.62. The van der Waals surface area contributed by atoms with E-state index in [9.17, 15) is 14.0 Å². The molecule has 2 aromatic carbocycles. The number of hydrogen-bond acceptors (Lipinski definition) is 2. The smallest absolute Gasteiger partial charge is 0.321 e. The highest BCUT2D eigenvalue weighted by Gasteiger charge is 2.25. The van der Waals surface area contributed by atoms with Crippen molar-refractivity contribution in [2.75, 3.05) is 31.5 Å². The molecule has 0 saturated carbocycles. The number of rotatable bonds is 2. The predicted octanol–water partition coefficient (Wildman–Crippen LogP) is 3.78. The molecule has 0 atom stereocenters. The molecular weight excluding hydrogens is 357 g/mol. The summed E-state index contributed by atoms with van der Waals surface area (Å²) in [6, 6.07) is 11.1. The number of nitrogens with zero attached hydrogens (tertiary/aromatic N) is 2. The van der Waals surface area contributed by atoms with E-state index in [-0.39, 0.29) is 11.9 Å². The van der Waals surface area contributed by atoms with Crippen LogP contribution in [0.3, 0.4) is 0 Å². The quantitative estimate of drug-likeness (QED) is 0.868. The molecular formula is C19H19ClFN3O2. The number of halogens is 2. The number of urea groups is 1. The Hall–Kier alpha value is -2.60. The largest absolute Gasteiger partial charge is 0.335 e. The van der Waals surface area contributed by atoms with Crippen LogP contribution in [0.15, 0.2) is 42.5 Å². The minimum absolute atomic E-state index is 0.221. The Balaban J connectivity index is 1.56. The second-order valence-electron chi connectivity index (χ2n) is 6.18. The van der Waals surface area contributed by atoms with E-state index < -0.39 is 5.82 Å². The van der Waals surface area contributed by atoms with E-state index in [1.54, 1.807) is 53.1 Å². The van der Waals surface area contributed by atoms with E-state index in [1.807, 2.05) is 0 Å². The third kappa shape index (κ3) is 4.14. The van der Waals surface area contributed by atoms with Gasteiger partial charge in [0.1, 0.15) is 5.82 Å². The van der Waals surface area contributed by atoms with Gasteiger partial charge in [0.05, 0.1) is 0 Å². The monoisotopic (exact) mass is 375 g/mol. The van der Waals surface area contributed by atoms with Gasteiger partial charge in [0.15, 0.2) is 0 Å². The molecule has 0 unspecified atom stereocenters. The van der Waals surface area contributed by atoms with Gasteiger partial charge >= 0.3 is 6.03 Å². The standard InChI is InChI=1S/C19H19ClFN3O2/c1-13-2-3-14(12-17(13)21)18(25)23-8-10-24(11-9-23)19(26)22-16-6-4-15(20)5-7-16/h2-7,12H,8-11H2,1H3,(H,22,26). The molecule has 0 aromatic heterocycles. The van der Waals surface area contributed by atoms with Crippen molar-refractivity contribution < 1.29 is 14.0 Å². The van der Waals surface area contributed by atoms with E-state index in [4.69, 9.17) is 11.6 Å². The van der Waals surface area contributed by atoms with Crippen molar-refractivity contribution in [3.63, 3.8) is 0 Å². The van der Waals surface area contributed by atoms with Crippen LogP contribution in [-0.4, -0.2) is 47.9 Å². The lowest BCUT2D eigenvalue weighted by atomic mass is 10.1. The number of amides is 3. The minimum atomic E-state index is -0.392. The number of nitrogens with one attached hydrogen (secondary N) is 1. The van der Waals surface area contributed by atoms with Gasteiger partial charge in [0.25, 0.3) is 5.91 Å². The number of benzene rings is 2. The maximum absolute atomic E-state index is 13.7. The van der Waals surface area contributed by atoms with Crippen molar-refractivity contribution in [2.24, 2.45) is 0 Å². The van der Waals surface area contributed by atoms with Gasteiger partial charge < -0.3 is 15.1 Å². The SMILES string of the molecule is Cc1ccc(C(=O)N2CCN(C(=O)Nc3ccc(Cl)cc3)CC2)cc1F. The molecule has 1 aliphatic rings. The van der Waals surface area contributed by atoms with Crippen LogP contribution in [0.5, 0.6) is 0 Å². The molecule has 0 spiro atoms. The summed E-state index contributed by atoms with van der Waals surface area (Å²) in [5.41, 5.74) is 1.49. The predicted molar refractivity (Wildman–Crippen MR) is 99.1 cm³/mol. The fraction of sp³-hybridized carbons (Fsp3) is 0.263. The van der Waals surface area contributed by atoms with Crippen molar-refractivity contribution in [3.8, 4) is 0 Å². The fourth-order valence-electron chi connectivity index (χ4n) is 2.76. The van der Waals surface area contributed by atoms with Crippen LogP contribution in [0, 0.1) is 12.7 Å². The highest BCUT2D eigenvalue weighted by atomic mass is 35.5. The highest BCUT2D eigenvalue weighted by molar-refractivity contribution is 6.30. The lowest BCUT2D eigenvalue weighted by Crippen LogP contribution is -2.51. The Morgan fingerprint density at radius 2 is 1.62 bits per heavy atom. The van der Waals surface area contributed by atoms with Crippen LogP contribution in [0.25, 0.3) is 0 Å². The molecule has 7 heteroatoms. The van der Waals surface area contributed by atoms with Crippen molar-refractivity contribution in [3.05, 3.63) is 64.4 Å². The van der Waals surface area contributed by atoms with E-state index >= 15 is 0 Å². The molecule has 2 aromatic rings. The molecule has 3 amide bonds. The third-order valence-electron chi connectivity index (χ3n) is 4.37. The lowest BCUT2D eigenvalue weighted by Gasteiger charge is -2.34. The highest BCUT2D eigenvalue weighted by Crippen LogP contribution is 2.16. The molecule has 1 heterocycles. The summed E-state index contributed by atoms with van der Waals surface area (Å²) >= 11 is 5.83. The zero-order valence-electron chi connectivity index (χ0n) is 14.3. The molecule has 0 bridgehead atoms. The molecule has 0 aliphatic carbocycles. The summed E-state index contributed by atoms with van der Waals surface area (Å²) in [5, 5.41) is 3.40. The van der Waals surface area contributed by atoms with Crippen molar-refractivity contribution in [1.29, 1.82) is 0 Å². The summed E-state index contributed by atoms with van der Waals surface area (Å²) in [6.07, 6.45) is 0. The Bertz CT molecular complexity index is 818. The van der Waals surface area contributed by atoms with E-state index in [0.29, 0.717) is 48.0 Å². The zero-order chi connectivity index (χ0) is 18.7. The van der Waals surface area contributed by atoms with Gasteiger partial charge in [0, 0.05) is 42.5 Å². The minimum Gasteiger partial charge on any atom is -0.335 e. The topological polar surface area (TPSA) is 52.7 Å². The van der Waals surface area contributed by atoms with Crippen LogP contribution in [-0.2, 0) is 0 Å². The van der Waals surface area contributed by atoms with Gasteiger partial charge in [-0.15, -0.1) is 0 Å². The normalized spacial score (nSPS) is 14.3. The fourth-order valence-corrected chi connectivity index (χ4v) is 2.88. The summed E-state index contributed by atoms with van der Waals surface area (Å²) < 4.78 is 13.7. The van der Waals surface area contributed by atoms with E-state index in [2.05, 4.69) is 5.32 Å². The first kappa shape index (κ1) is 18.2. The van der Waals surface area contributed by atoms with Gasteiger partial charge in [0.2, 0.25) is 0 Å². The molecule has 136 valence electrons. The van der Waals surface area contributed by atoms with Crippen LogP contribution in [0.1, 0.15) is 15.9 Å². The molecule has 1 fully saturated rings. The van der Waals surface area contributed by atoms with Gasteiger partial charge in [-0.05, 0) is 48.9 Å². The summed E-state index contributed by atoms with van der Waals surface area (Å²) in [5.74, 6) is -0.613. The van der Waals surface area contributed by atoms with Gasteiger partial charge in [-0.25, -0.2) is 9.18 Å². The van der Waals surface area contributed by atoms with Crippen LogP contribution in [0.2, 0.25) is 5.02 Å².